The van der Waals surface area contributed by atoms with Crippen molar-refractivity contribution < 1.29 is 35.9 Å². The SMILES string of the molecule is O=C(Nc1nn(Cc2ccc(Cl)c(Cl)c2)cc1Br)c1ccc(COc2c(F)c(F)c(F)c(F)c2F)o1. The van der Waals surface area contributed by atoms with Crippen LogP contribution in [0.3, 0.4) is 0 Å². The number of ether oxygens (including phenoxy) is 1. The summed E-state index contributed by atoms with van der Waals surface area (Å²) in [6, 6.07) is 7.55. The molecule has 1 N–H and O–H groups in total. The van der Waals surface area contributed by atoms with Crippen LogP contribution in [0, 0.1) is 29.1 Å². The number of carbonyl (C=O) groups is 1. The summed E-state index contributed by atoms with van der Waals surface area (Å²) in [5, 5.41) is 7.57. The molecule has 188 valence electrons. The maximum atomic E-state index is 13.7. The summed E-state index contributed by atoms with van der Waals surface area (Å²) in [6.45, 7) is -0.390. The van der Waals surface area contributed by atoms with Gasteiger partial charge in [0.2, 0.25) is 29.1 Å². The Labute approximate surface area is 217 Å². The fourth-order valence-electron chi connectivity index (χ4n) is 2.99. The number of amides is 1. The minimum Gasteiger partial charge on any atom is -0.479 e. The minimum absolute atomic E-state index is 0.117. The van der Waals surface area contributed by atoms with E-state index in [1.807, 2.05) is 0 Å². The number of halogens is 8. The second kappa shape index (κ2) is 10.5. The number of hydrogen-bond donors (Lipinski definition) is 1. The summed E-state index contributed by atoms with van der Waals surface area (Å²) in [7, 11) is 0. The number of anilines is 1. The Morgan fingerprint density at radius 2 is 1.67 bits per heavy atom. The van der Waals surface area contributed by atoms with Gasteiger partial charge in [0.25, 0.3) is 5.91 Å². The monoisotopic (exact) mass is 609 g/mol. The number of aromatic nitrogens is 2. The Morgan fingerprint density at radius 3 is 2.33 bits per heavy atom. The van der Waals surface area contributed by atoms with E-state index in [1.165, 1.54) is 16.8 Å². The van der Waals surface area contributed by atoms with Gasteiger partial charge >= 0.3 is 0 Å². The van der Waals surface area contributed by atoms with E-state index in [4.69, 9.17) is 32.4 Å². The molecule has 0 bridgehead atoms. The molecule has 2 aromatic heterocycles. The van der Waals surface area contributed by atoms with Gasteiger partial charge in [-0.25, -0.2) is 13.2 Å². The highest BCUT2D eigenvalue weighted by Crippen LogP contribution is 2.30. The lowest BCUT2D eigenvalue weighted by molar-refractivity contribution is 0.0991. The van der Waals surface area contributed by atoms with E-state index in [1.54, 1.807) is 24.4 Å². The summed E-state index contributed by atoms with van der Waals surface area (Å²) in [6.07, 6.45) is 1.61. The molecular formula is C22H11BrCl2F5N3O3. The first-order valence-corrected chi connectivity index (χ1v) is 11.3. The van der Waals surface area contributed by atoms with Gasteiger partial charge in [-0.15, -0.1) is 0 Å². The summed E-state index contributed by atoms with van der Waals surface area (Å²) in [4.78, 5) is 12.5. The van der Waals surface area contributed by atoms with Crippen LogP contribution in [-0.4, -0.2) is 15.7 Å². The number of carbonyl (C=O) groups excluding carboxylic acids is 1. The molecule has 0 aliphatic rings. The number of benzene rings is 2. The third-order valence-corrected chi connectivity index (χ3v) is 6.01. The van der Waals surface area contributed by atoms with Gasteiger partial charge in [0.1, 0.15) is 12.4 Å². The van der Waals surface area contributed by atoms with Crippen LogP contribution in [0.1, 0.15) is 21.9 Å². The van der Waals surface area contributed by atoms with Crippen LogP contribution in [0.4, 0.5) is 27.8 Å². The van der Waals surface area contributed by atoms with Crippen LogP contribution >= 0.6 is 39.1 Å². The summed E-state index contributed by atoms with van der Waals surface area (Å²) < 4.78 is 79.1. The molecule has 4 rings (SSSR count). The Bertz CT molecular complexity index is 1450. The summed E-state index contributed by atoms with van der Waals surface area (Å²) >= 11 is 15.2. The highest BCUT2D eigenvalue weighted by molar-refractivity contribution is 9.10. The first-order chi connectivity index (χ1) is 17.0. The molecule has 0 aliphatic carbocycles. The Kier molecular flexibility index (Phi) is 7.57. The molecule has 6 nitrogen and oxygen atoms in total. The summed E-state index contributed by atoms with van der Waals surface area (Å²) in [5.41, 5.74) is 0.807. The zero-order valence-electron chi connectivity index (χ0n) is 17.5. The van der Waals surface area contributed by atoms with Gasteiger partial charge in [0.05, 0.1) is 21.1 Å². The van der Waals surface area contributed by atoms with Crippen molar-refractivity contribution in [3.05, 3.63) is 97.2 Å². The molecule has 1 amide bonds. The van der Waals surface area contributed by atoms with Crippen molar-refractivity contribution in [3.8, 4) is 5.75 Å². The van der Waals surface area contributed by atoms with Gasteiger partial charge < -0.3 is 14.5 Å². The standard InChI is InChI=1S/C22H11BrCl2F5N3O3/c23-11-7-33(6-9-1-3-12(24)13(25)5-9)32-21(11)31-22(34)14-4-2-10(36-14)8-35-20-18(29)16(27)15(26)17(28)19(20)30/h1-5,7H,6,8H2,(H,31,32,34). The van der Waals surface area contributed by atoms with E-state index < -0.39 is 47.3 Å². The smallest absolute Gasteiger partial charge is 0.292 e. The fourth-order valence-corrected chi connectivity index (χ4v) is 3.72. The second-order valence-corrected chi connectivity index (χ2v) is 8.85. The zero-order valence-corrected chi connectivity index (χ0v) is 20.6. The lowest BCUT2D eigenvalue weighted by Gasteiger charge is -2.09. The molecule has 4 aromatic rings. The van der Waals surface area contributed by atoms with Crippen LogP contribution in [0.5, 0.6) is 5.75 Å². The Hall–Kier alpha value is -3.09. The van der Waals surface area contributed by atoms with E-state index in [0.29, 0.717) is 21.1 Å². The lowest BCUT2D eigenvalue weighted by atomic mass is 10.2. The Balaban J connectivity index is 1.42. The van der Waals surface area contributed by atoms with Crippen molar-refractivity contribution in [2.24, 2.45) is 0 Å². The lowest BCUT2D eigenvalue weighted by Crippen LogP contribution is -2.12. The first kappa shape index (κ1) is 26.0. The molecule has 0 aliphatic heterocycles. The van der Waals surface area contributed by atoms with Crippen molar-refractivity contribution in [1.82, 2.24) is 9.78 Å². The molecule has 0 saturated heterocycles. The molecule has 0 unspecified atom stereocenters. The first-order valence-electron chi connectivity index (χ1n) is 9.76. The second-order valence-electron chi connectivity index (χ2n) is 7.18. The predicted molar refractivity (Wildman–Crippen MR) is 123 cm³/mol. The van der Waals surface area contributed by atoms with Crippen LogP contribution in [0.15, 0.2) is 45.4 Å². The largest absolute Gasteiger partial charge is 0.479 e. The van der Waals surface area contributed by atoms with Gasteiger partial charge in [-0.2, -0.15) is 13.9 Å². The van der Waals surface area contributed by atoms with Gasteiger partial charge in [0.15, 0.2) is 17.3 Å². The van der Waals surface area contributed by atoms with Gasteiger partial charge in [-0.1, -0.05) is 29.3 Å². The number of nitrogens with zero attached hydrogens (tertiary/aromatic N) is 2. The maximum absolute atomic E-state index is 13.7. The molecule has 0 fully saturated rings. The van der Waals surface area contributed by atoms with E-state index in [-0.39, 0.29) is 17.3 Å². The van der Waals surface area contributed by atoms with E-state index in [9.17, 15) is 26.7 Å². The van der Waals surface area contributed by atoms with Crippen LogP contribution in [0.2, 0.25) is 10.0 Å². The topological polar surface area (TPSA) is 69.3 Å². The molecular weight excluding hydrogens is 600 g/mol. The molecule has 36 heavy (non-hydrogen) atoms. The number of hydrogen-bond acceptors (Lipinski definition) is 4. The van der Waals surface area contributed by atoms with Crippen molar-refractivity contribution in [3.63, 3.8) is 0 Å². The van der Waals surface area contributed by atoms with Crippen molar-refractivity contribution >= 4 is 50.9 Å². The molecule has 0 spiro atoms. The molecule has 14 heteroatoms. The highest BCUT2D eigenvalue weighted by Gasteiger charge is 2.27. The average molecular weight is 611 g/mol. The fraction of sp³-hybridized carbons (Fsp3) is 0.0909. The van der Waals surface area contributed by atoms with Gasteiger partial charge in [-0.3, -0.25) is 9.48 Å². The van der Waals surface area contributed by atoms with E-state index in [2.05, 4.69) is 26.3 Å². The predicted octanol–water partition coefficient (Wildman–Crippen LogP) is 7.12. The van der Waals surface area contributed by atoms with E-state index >= 15 is 0 Å². The van der Waals surface area contributed by atoms with E-state index in [0.717, 1.165) is 5.56 Å². The van der Waals surface area contributed by atoms with Crippen LogP contribution in [0.25, 0.3) is 0 Å². The van der Waals surface area contributed by atoms with Crippen LogP contribution in [-0.2, 0) is 13.2 Å². The third-order valence-electron chi connectivity index (χ3n) is 4.69. The average Bonchev–Trinajstić information content (AvgIpc) is 3.45. The molecule has 0 radical (unpaired) electrons. The highest BCUT2D eigenvalue weighted by atomic mass is 79.9. The molecule has 0 saturated carbocycles. The maximum Gasteiger partial charge on any atom is 0.292 e. The third kappa shape index (κ3) is 5.35. The van der Waals surface area contributed by atoms with Gasteiger partial charge in [0, 0.05) is 6.20 Å². The number of furan rings is 1. The Morgan fingerprint density at radius 1 is 1.00 bits per heavy atom. The normalized spacial score (nSPS) is 11.1. The molecule has 2 heterocycles. The van der Waals surface area contributed by atoms with Crippen molar-refractivity contribution in [2.45, 2.75) is 13.2 Å². The molecule has 0 atom stereocenters. The van der Waals surface area contributed by atoms with Gasteiger partial charge in [-0.05, 0) is 45.8 Å². The number of rotatable bonds is 7. The number of nitrogens with one attached hydrogen (secondary N) is 1. The minimum atomic E-state index is -2.31. The quantitative estimate of drug-likeness (QED) is 0.137. The zero-order chi connectivity index (χ0) is 26.1. The molecule has 2 aromatic carbocycles. The van der Waals surface area contributed by atoms with Crippen molar-refractivity contribution in [2.75, 3.05) is 5.32 Å². The summed E-state index contributed by atoms with van der Waals surface area (Å²) in [5.74, 6) is -13.2. The van der Waals surface area contributed by atoms with Crippen LogP contribution < -0.4 is 10.1 Å². The van der Waals surface area contributed by atoms with Crippen molar-refractivity contribution in [1.29, 1.82) is 0 Å².